The van der Waals surface area contributed by atoms with Crippen molar-refractivity contribution < 1.29 is 9.15 Å². The van der Waals surface area contributed by atoms with E-state index in [1.165, 1.54) is 5.56 Å². The predicted molar refractivity (Wildman–Crippen MR) is 79.6 cm³/mol. The Morgan fingerprint density at radius 1 is 1.25 bits per heavy atom. The zero-order valence-electron chi connectivity index (χ0n) is 12.2. The molecule has 2 aromatic rings. The van der Waals surface area contributed by atoms with Crippen LogP contribution in [0.15, 0.2) is 47.1 Å². The van der Waals surface area contributed by atoms with E-state index in [1.54, 1.807) is 13.4 Å². The van der Waals surface area contributed by atoms with E-state index in [1.807, 2.05) is 31.2 Å². The second-order valence-corrected chi connectivity index (χ2v) is 5.07. The van der Waals surface area contributed by atoms with E-state index in [2.05, 4.69) is 24.1 Å². The summed E-state index contributed by atoms with van der Waals surface area (Å²) in [4.78, 5) is 2.20. The molecule has 2 unspecified atom stereocenters. The third-order valence-electron chi connectivity index (χ3n) is 3.42. The Balaban J connectivity index is 2.16. The van der Waals surface area contributed by atoms with Gasteiger partial charge >= 0.3 is 0 Å². The number of hydrogen-bond donors (Lipinski definition) is 1. The molecule has 2 rings (SSSR count). The normalized spacial score (nSPS) is 14.2. The minimum atomic E-state index is 0.0170. The molecule has 4 heteroatoms. The molecule has 0 amide bonds. The summed E-state index contributed by atoms with van der Waals surface area (Å²) >= 11 is 0. The third kappa shape index (κ3) is 3.40. The maximum Gasteiger partial charge on any atom is 0.118 e. The lowest BCUT2D eigenvalue weighted by atomic mass is 9.99. The first-order valence-electron chi connectivity index (χ1n) is 6.74. The van der Waals surface area contributed by atoms with Crippen LogP contribution >= 0.6 is 0 Å². The van der Waals surface area contributed by atoms with Crippen molar-refractivity contribution >= 4 is 0 Å². The van der Waals surface area contributed by atoms with E-state index < -0.39 is 0 Å². The Bertz CT molecular complexity index is 506. The van der Waals surface area contributed by atoms with Crippen molar-refractivity contribution in [1.82, 2.24) is 4.90 Å². The number of ether oxygens (including phenoxy) is 1. The highest BCUT2D eigenvalue weighted by atomic mass is 16.5. The minimum Gasteiger partial charge on any atom is -0.497 e. The summed E-state index contributed by atoms with van der Waals surface area (Å²) in [5.74, 6) is 1.79. The summed E-state index contributed by atoms with van der Waals surface area (Å²) in [5, 5.41) is 0. The highest BCUT2D eigenvalue weighted by Gasteiger charge is 2.22. The quantitative estimate of drug-likeness (QED) is 0.880. The summed E-state index contributed by atoms with van der Waals surface area (Å²) in [7, 11) is 3.72. The maximum absolute atomic E-state index is 6.17. The molecule has 2 atom stereocenters. The van der Waals surface area contributed by atoms with Gasteiger partial charge in [0.25, 0.3) is 0 Å². The van der Waals surface area contributed by atoms with E-state index >= 15 is 0 Å². The molecule has 2 N–H and O–H groups in total. The van der Waals surface area contributed by atoms with E-state index in [-0.39, 0.29) is 12.1 Å². The van der Waals surface area contributed by atoms with Crippen LogP contribution in [0.4, 0.5) is 0 Å². The minimum absolute atomic E-state index is 0.0170. The molecule has 0 spiro atoms. The number of nitrogens with two attached hydrogens (primary N) is 1. The lowest BCUT2D eigenvalue weighted by molar-refractivity contribution is 0.196. The molecular formula is C16H22N2O2. The number of benzene rings is 1. The van der Waals surface area contributed by atoms with E-state index in [9.17, 15) is 0 Å². The molecule has 20 heavy (non-hydrogen) atoms. The summed E-state index contributed by atoms with van der Waals surface area (Å²) in [6.07, 6.45) is 1.69. The van der Waals surface area contributed by atoms with Gasteiger partial charge in [-0.15, -0.1) is 0 Å². The first-order chi connectivity index (χ1) is 9.61. The molecular weight excluding hydrogens is 252 g/mol. The average Bonchev–Trinajstić information content (AvgIpc) is 2.92. The molecule has 4 nitrogen and oxygen atoms in total. The second kappa shape index (κ2) is 6.59. The van der Waals surface area contributed by atoms with E-state index in [0.717, 1.165) is 18.1 Å². The summed E-state index contributed by atoms with van der Waals surface area (Å²) in [6.45, 7) is 2.75. The topological polar surface area (TPSA) is 51.6 Å². The van der Waals surface area contributed by atoms with Crippen LogP contribution in [0.3, 0.4) is 0 Å². The van der Waals surface area contributed by atoms with Crippen molar-refractivity contribution in [2.45, 2.75) is 25.6 Å². The SMILES string of the molecule is COc1ccc(C(C(C)N)N(C)Cc2ccco2)cc1. The zero-order valence-corrected chi connectivity index (χ0v) is 12.2. The zero-order chi connectivity index (χ0) is 14.5. The molecule has 0 saturated heterocycles. The van der Waals surface area contributed by atoms with Crippen LogP contribution in [0.5, 0.6) is 5.75 Å². The van der Waals surface area contributed by atoms with E-state index in [4.69, 9.17) is 14.9 Å². The Labute approximate surface area is 120 Å². The van der Waals surface area contributed by atoms with Gasteiger partial charge in [0.05, 0.1) is 19.9 Å². The highest BCUT2D eigenvalue weighted by Crippen LogP contribution is 2.25. The molecule has 0 saturated carbocycles. The molecule has 108 valence electrons. The molecule has 0 bridgehead atoms. The van der Waals surface area contributed by atoms with Crippen LogP contribution in [-0.2, 0) is 6.54 Å². The lowest BCUT2D eigenvalue weighted by Crippen LogP contribution is -2.36. The Morgan fingerprint density at radius 2 is 1.95 bits per heavy atom. The van der Waals surface area contributed by atoms with Crippen molar-refractivity contribution in [3.63, 3.8) is 0 Å². The van der Waals surface area contributed by atoms with Gasteiger partial charge in [-0.1, -0.05) is 12.1 Å². The van der Waals surface area contributed by atoms with Gasteiger partial charge in [0.1, 0.15) is 11.5 Å². The molecule has 0 aliphatic carbocycles. The molecule has 0 aliphatic rings. The van der Waals surface area contributed by atoms with Crippen molar-refractivity contribution in [2.24, 2.45) is 5.73 Å². The van der Waals surface area contributed by atoms with Crippen LogP contribution in [0.25, 0.3) is 0 Å². The molecule has 0 fully saturated rings. The largest absolute Gasteiger partial charge is 0.497 e. The molecule has 1 aromatic heterocycles. The van der Waals surface area contributed by atoms with Gasteiger partial charge in [-0.05, 0) is 43.8 Å². The van der Waals surface area contributed by atoms with Gasteiger partial charge in [-0.25, -0.2) is 0 Å². The first kappa shape index (κ1) is 14.6. The number of furan rings is 1. The predicted octanol–water partition coefficient (Wildman–Crippen LogP) is 2.81. The van der Waals surface area contributed by atoms with Crippen LogP contribution < -0.4 is 10.5 Å². The van der Waals surface area contributed by atoms with Gasteiger partial charge < -0.3 is 14.9 Å². The van der Waals surface area contributed by atoms with Crippen molar-refractivity contribution in [3.8, 4) is 5.75 Å². The van der Waals surface area contributed by atoms with Crippen LogP contribution in [0.1, 0.15) is 24.3 Å². The van der Waals surface area contributed by atoms with Crippen LogP contribution in [0.2, 0.25) is 0 Å². The smallest absolute Gasteiger partial charge is 0.118 e. The molecule has 0 radical (unpaired) electrons. The Morgan fingerprint density at radius 3 is 2.45 bits per heavy atom. The number of likely N-dealkylation sites (N-methyl/N-ethyl adjacent to an activating group) is 1. The Kier molecular flexibility index (Phi) is 4.82. The molecule has 1 heterocycles. The second-order valence-electron chi connectivity index (χ2n) is 5.07. The summed E-state index contributed by atoms with van der Waals surface area (Å²) in [6, 6.07) is 12.1. The molecule has 0 aliphatic heterocycles. The van der Waals surface area contributed by atoms with Crippen LogP contribution in [-0.4, -0.2) is 25.1 Å². The van der Waals surface area contributed by atoms with Crippen molar-refractivity contribution in [3.05, 3.63) is 54.0 Å². The summed E-state index contributed by atoms with van der Waals surface area (Å²) < 4.78 is 10.6. The van der Waals surface area contributed by atoms with Crippen molar-refractivity contribution in [1.29, 1.82) is 0 Å². The van der Waals surface area contributed by atoms with Gasteiger partial charge in [0, 0.05) is 12.1 Å². The summed E-state index contributed by atoms with van der Waals surface area (Å²) in [5.41, 5.74) is 7.34. The first-order valence-corrected chi connectivity index (χ1v) is 6.74. The van der Waals surface area contributed by atoms with Gasteiger partial charge in [0.15, 0.2) is 0 Å². The fourth-order valence-electron chi connectivity index (χ4n) is 2.51. The molecule has 1 aromatic carbocycles. The lowest BCUT2D eigenvalue weighted by Gasteiger charge is -2.31. The standard InChI is InChI=1S/C16H22N2O2/c1-12(17)16(13-6-8-14(19-3)9-7-13)18(2)11-15-5-4-10-20-15/h4-10,12,16H,11,17H2,1-3H3. The van der Waals surface area contributed by atoms with Gasteiger partial charge in [-0.2, -0.15) is 0 Å². The van der Waals surface area contributed by atoms with E-state index in [0.29, 0.717) is 0 Å². The average molecular weight is 274 g/mol. The highest BCUT2D eigenvalue weighted by molar-refractivity contribution is 5.30. The number of methoxy groups -OCH3 is 1. The monoisotopic (exact) mass is 274 g/mol. The maximum atomic E-state index is 6.17. The third-order valence-corrected chi connectivity index (χ3v) is 3.42. The Hall–Kier alpha value is -1.78. The number of hydrogen-bond acceptors (Lipinski definition) is 4. The van der Waals surface area contributed by atoms with Gasteiger partial charge in [0.2, 0.25) is 0 Å². The fourth-order valence-corrected chi connectivity index (χ4v) is 2.51. The fraction of sp³-hybridized carbons (Fsp3) is 0.375. The number of nitrogens with zero attached hydrogens (tertiary/aromatic N) is 1. The van der Waals surface area contributed by atoms with Crippen molar-refractivity contribution in [2.75, 3.05) is 14.2 Å². The van der Waals surface area contributed by atoms with Crippen LogP contribution in [0, 0.1) is 0 Å². The number of rotatable bonds is 6. The van der Waals surface area contributed by atoms with Gasteiger partial charge in [-0.3, -0.25) is 4.90 Å².